The molecule has 20 heavy (non-hydrogen) atoms. The predicted molar refractivity (Wildman–Crippen MR) is 76.1 cm³/mol. The number of likely N-dealkylation sites (tertiary alicyclic amines) is 1. The van der Waals surface area contributed by atoms with Crippen molar-refractivity contribution in [3.8, 4) is 0 Å². The molecule has 2 aliphatic rings. The standard InChI is InChI=1S/C13H24N2O4S/c1-2-15(12-5-7-20(18,19)10-12)13(17)8-14-6-3-4-11(14)9-16/h11-12,16H,2-10H2,1H3. The zero-order chi connectivity index (χ0) is 14.8. The van der Waals surface area contributed by atoms with Gasteiger partial charge in [-0.3, -0.25) is 9.69 Å². The maximum Gasteiger partial charge on any atom is 0.237 e. The monoisotopic (exact) mass is 304 g/mol. The topological polar surface area (TPSA) is 77.9 Å². The van der Waals surface area contributed by atoms with Crippen LogP contribution in [0.15, 0.2) is 0 Å². The van der Waals surface area contributed by atoms with E-state index in [1.165, 1.54) is 0 Å². The highest BCUT2D eigenvalue weighted by atomic mass is 32.2. The second-order valence-corrected chi connectivity index (χ2v) is 7.91. The number of sulfone groups is 1. The van der Waals surface area contributed by atoms with Gasteiger partial charge in [0, 0.05) is 18.6 Å². The van der Waals surface area contributed by atoms with Gasteiger partial charge in [-0.2, -0.15) is 0 Å². The molecule has 1 N–H and O–H groups in total. The highest BCUT2D eigenvalue weighted by Crippen LogP contribution is 2.20. The second kappa shape index (κ2) is 6.41. The molecule has 2 aliphatic heterocycles. The summed E-state index contributed by atoms with van der Waals surface area (Å²) in [6.45, 7) is 3.62. The third kappa shape index (κ3) is 3.51. The Hall–Kier alpha value is -0.660. The summed E-state index contributed by atoms with van der Waals surface area (Å²) in [6.07, 6.45) is 2.47. The first kappa shape index (κ1) is 15.7. The lowest BCUT2D eigenvalue weighted by atomic mass is 10.2. The molecule has 2 heterocycles. The van der Waals surface area contributed by atoms with Gasteiger partial charge in [0.15, 0.2) is 9.84 Å². The van der Waals surface area contributed by atoms with Gasteiger partial charge in [0.2, 0.25) is 5.91 Å². The smallest absolute Gasteiger partial charge is 0.237 e. The number of aliphatic hydroxyl groups is 1. The van der Waals surface area contributed by atoms with Crippen molar-refractivity contribution in [2.24, 2.45) is 0 Å². The molecule has 0 aromatic rings. The molecular weight excluding hydrogens is 280 g/mol. The first-order chi connectivity index (χ1) is 9.46. The number of carbonyl (C=O) groups is 1. The van der Waals surface area contributed by atoms with Crippen molar-refractivity contribution in [1.29, 1.82) is 0 Å². The minimum absolute atomic E-state index is 0.0186. The van der Waals surface area contributed by atoms with Crippen LogP contribution in [0, 0.1) is 0 Å². The minimum atomic E-state index is -2.97. The summed E-state index contributed by atoms with van der Waals surface area (Å²) in [5.41, 5.74) is 0. The average molecular weight is 304 g/mol. The van der Waals surface area contributed by atoms with Crippen molar-refractivity contribution in [2.75, 3.05) is 37.7 Å². The predicted octanol–water partition coefficient (Wildman–Crippen LogP) is -0.521. The van der Waals surface area contributed by atoms with Crippen molar-refractivity contribution >= 4 is 15.7 Å². The fourth-order valence-electron chi connectivity index (χ4n) is 3.23. The van der Waals surface area contributed by atoms with Crippen molar-refractivity contribution in [1.82, 2.24) is 9.80 Å². The molecule has 6 nitrogen and oxygen atoms in total. The highest BCUT2D eigenvalue weighted by Gasteiger charge is 2.35. The van der Waals surface area contributed by atoms with Crippen LogP contribution in [0.5, 0.6) is 0 Å². The number of hydrogen-bond donors (Lipinski definition) is 1. The molecule has 2 saturated heterocycles. The van der Waals surface area contributed by atoms with Gasteiger partial charge in [-0.25, -0.2) is 8.42 Å². The Morgan fingerprint density at radius 3 is 2.70 bits per heavy atom. The van der Waals surface area contributed by atoms with Crippen LogP contribution in [0.25, 0.3) is 0 Å². The fraction of sp³-hybridized carbons (Fsp3) is 0.923. The van der Waals surface area contributed by atoms with Crippen molar-refractivity contribution in [2.45, 2.75) is 38.3 Å². The van der Waals surface area contributed by atoms with Gasteiger partial charge in [0.05, 0.1) is 24.7 Å². The van der Waals surface area contributed by atoms with Gasteiger partial charge >= 0.3 is 0 Å². The van der Waals surface area contributed by atoms with Crippen LogP contribution in [-0.4, -0.2) is 79.1 Å². The molecule has 0 spiro atoms. The molecule has 0 aliphatic carbocycles. The Bertz CT molecular complexity index is 451. The van der Waals surface area contributed by atoms with Crippen LogP contribution in [0.4, 0.5) is 0 Å². The van der Waals surface area contributed by atoms with Crippen LogP contribution in [0.3, 0.4) is 0 Å². The van der Waals surface area contributed by atoms with Crippen LogP contribution in [0.1, 0.15) is 26.2 Å². The largest absolute Gasteiger partial charge is 0.395 e. The quantitative estimate of drug-likeness (QED) is 0.739. The van der Waals surface area contributed by atoms with Crippen LogP contribution in [0.2, 0.25) is 0 Å². The van der Waals surface area contributed by atoms with Crippen molar-refractivity contribution < 1.29 is 18.3 Å². The van der Waals surface area contributed by atoms with E-state index in [1.54, 1.807) is 4.90 Å². The van der Waals surface area contributed by atoms with Gasteiger partial charge in [-0.05, 0) is 32.7 Å². The molecule has 2 fully saturated rings. The number of nitrogens with zero attached hydrogens (tertiary/aromatic N) is 2. The first-order valence-corrected chi connectivity index (χ1v) is 9.13. The molecule has 0 aromatic carbocycles. The maximum absolute atomic E-state index is 12.4. The van der Waals surface area contributed by atoms with Gasteiger partial charge in [0.1, 0.15) is 0 Å². The zero-order valence-corrected chi connectivity index (χ0v) is 12.8. The molecule has 1 amide bonds. The molecule has 2 rings (SSSR count). The van der Waals surface area contributed by atoms with Gasteiger partial charge < -0.3 is 10.0 Å². The summed E-state index contributed by atoms with van der Waals surface area (Å²) in [7, 11) is -2.97. The third-order valence-electron chi connectivity index (χ3n) is 4.36. The van der Waals surface area contributed by atoms with E-state index < -0.39 is 9.84 Å². The summed E-state index contributed by atoms with van der Waals surface area (Å²) in [5, 5.41) is 9.28. The number of carbonyl (C=O) groups excluding carboxylic acids is 1. The third-order valence-corrected chi connectivity index (χ3v) is 6.11. The Morgan fingerprint density at radius 2 is 2.15 bits per heavy atom. The van der Waals surface area contributed by atoms with E-state index in [0.29, 0.717) is 13.0 Å². The van der Waals surface area contributed by atoms with Gasteiger partial charge in [-0.1, -0.05) is 0 Å². The molecule has 2 unspecified atom stereocenters. The second-order valence-electron chi connectivity index (χ2n) is 5.69. The van der Waals surface area contributed by atoms with E-state index in [-0.39, 0.29) is 42.6 Å². The lowest BCUT2D eigenvalue weighted by Crippen LogP contribution is -2.47. The number of aliphatic hydroxyl groups excluding tert-OH is 1. The van der Waals surface area contributed by atoms with Crippen LogP contribution in [-0.2, 0) is 14.6 Å². The molecule has 116 valence electrons. The number of amides is 1. The van der Waals surface area contributed by atoms with Crippen LogP contribution >= 0.6 is 0 Å². The zero-order valence-electron chi connectivity index (χ0n) is 12.0. The van der Waals surface area contributed by atoms with Gasteiger partial charge in [-0.15, -0.1) is 0 Å². The highest BCUT2D eigenvalue weighted by molar-refractivity contribution is 7.91. The SMILES string of the molecule is CCN(C(=O)CN1CCCC1CO)C1CCS(=O)(=O)C1. The van der Waals surface area contributed by atoms with E-state index in [9.17, 15) is 18.3 Å². The molecule has 7 heteroatoms. The lowest BCUT2D eigenvalue weighted by molar-refractivity contribution is -0.134. The molecular formula is C13H24N2O4S. The van der Waals surface area contributed by atoms with E-state index >= 15 is 0 Å². The first-order valence-electron chi connectivity index (χ1n) is 7.31. The summed E-state index contributed by atoms with van der Waals surface area (Å²) in [6, 6.07) is -0.0994. The average Bonchev–Trinajstić information content (AvgIpc) is 2.97. The Balaban J connectivity index is 1.96. The Morgan fingerprint density at radius 1 is 1.40 bits per heavy atom. The summed E-state index contributed by atoms with van der Waals surface area (Å²) < 4.78 is 23.1. The normalized spacial score (nSPS) is 29.7. The number of hydrogen-bond acceptors (Lipinski definition) is 5. The summed E-state index contributed by atoms with van der Waals surface area (Å²) >= 11 is 0. The molecule has 0 aromatic heterocycles. The van der Waals surface area contributed by atoms with E-state index in [0.717, 1.165) is 19.4 Å². The number of rotatable bonds is 5. The Labute approximate surface area is 120 Å². The van der Waals surface area contributed by atoms with Crippen molar-refractivity contribution in [3.63, 3.8) is 0 Å². The molecule has 0 saturated carbocycles. The van der Waals surface area contributed by atoms with E-state index in [2.05, 4.69) is 0 Å². The van der Waals surface area contributed by atoms with Crippen molar-refractivity contribution in [3.05, 3.63) is 0 Å². The minimum Gasteiger partial charge on any atom is -0.395 e. The maximum atomic E-state index is 12.4. The molecule has 0 bridgehead atoms. The van der Waals surface area contributed by atoms with E-state index in [1.807, 2.05) is 11.8 Å². The van der Waals surface area contributed by atoms with Crippen LogP contribution < -0.4 is 0 Å². The molecule has 2 atom stereocenters. The number of likely N-dealkylation sites (N-methyl/N-ethyl adjacent to an activating group) is 1. The molecule has 0 radical (unpaired) electrons. The summed E-state index contributed by atoms with van der Waals surface area (Å²) in [4.78, 5) is 16.1. The van der Waals surface area contributed by atoms with Gasteiger partial charge in [0.25, 0.3) is 0 Å². The summed E-state index contributed by atoms with van der Waals surface area (Å²) in [5.74, 6) is 0.260. The lowest BCUT2D eigenvalue weighted by Gasteiger charge is -2.30. The Kier molecular flexibility index (Phi) is 5.04. The van der Waals surface area contributed by atoms with E-state index in [4.69, 9.17) is 0 Å². The fourth-order valence-corrected chi connectivity index (χ4v) is 4.96.